The van der Waals surface area contributed by atoms with Crippen LogP contribution in [-0.2, 0) is 16.1 Å². The first-order valence-corrected chi connectivity index (χ1v) is 6.66. The Bertz CT molecular complexity index is 436. The molecule has 2 atom stereocenters. The normalized spacial score (nSPS) is 20.1. The molecule has 0 amide bonds. The second-order valence-electron chi connectivity index (χ2n) is 4.78. The fraction of sp³-hybridized carbons (Fsp3) is 0.533. The molecule has 102 valence electrons. The Labute approximate surface area is 114 Å². The predicted octanol–water partition coefficient (Wildman–Crippen LogP) is 2.17. The molecule has 0 spiro atoms. The van der Waals surface area contributed by atoms with Crippen molar-refractivity contribution in [3.8, 4) is 6.07 Å². The summed E-state index contributed by atoms with van der Waals surface area (Å²) in [5.41, 5.74) is 2.06. The number of methoxy groups -OCH3 is 1. The first-order chi connectivity index (χ1) is 9.33. The van der Waals surface area contributed by atoms with E-state index >= 15 is 0 Å². The van der Waals surface area contributed by atoms with Gasteiger partial charge in [0.05, 0.1) is 18.8 Å². The summed E-state index contributed by atoms with van der Waals surface area (Å²) in [6, 6.07) is 9.96. The van der Waals surface area contributed by atoms with Crippen molar-refractivity contribution in [1.82, 2.24) is 5.32 Å². The minimum Gasteiger partial charge on any atom is -0.380 e. The second kappa shape index (κ2) is 7.25. The van der Waals surface area contributed by atoms with Gasteiger partial charge in [0.2, 0.25) is 0 Å². The Morgan fingerprint density at radius 3 is 3.16 bits per heavy atom. The Balaban J connectivity index is 1.96. The van der Waals surface area contributed by atoms with E-state index in [1.165, 1.54) is 0 Å². The number of benzene rings is 1. The maximum Gasteiger partial charge on any atom is 0.121 e. The summed E-state index contributed by atoms with van der Waals surface area (Å²) in [5.74, 6) is 0. The van der Waals surface area contributed by atoms with Crippen LogP contribution in [-0.4, -0.2) is 26.4 Å². The molecule has 4 heteroatoms. The zero-order valence-electron chi connectivity index (χ0n) is 11.3. The molecule has 2 rings (SSSR count). The third kappa shape index (κ3) is 4.03. The minimum atomic E-state index is -0.291. The Morgan fingerprint density at radius 2 is 2.47 bits per heavy atom. The molecule has 0 bridgehead atoms. The SMILES string of the molecule is COCc1cccc(C(C#N)NCC2CCCO2)c1. The number of rotatable bonds is 6. The van der Waals surface area contributed by atoms with E-state index in [9.17, 15) is 5.26 Å². The smallest absolute Gasteiger partial charge is 0.121 e. The Kier molecular flexibility index (Phi) is 5.34. The van der Waals surface area contributed by atoms with Crippen LogP contribution in [0.15, 0.2) is 24.3 Å². The highest BCUT2D eigenvalue weighted by Gasteiger charge is 2.18. The number of nitriles is 1. The van der Waals surface area contributed by atoms with Crippen molar-refractivity contribution in [1.29, 1.82) is 5.26 Å². The van der Waals surface area contributed by atoms with Crippen LogP contribution in [0.25, 0.3) is 0 Å². The van der Waals surface area contributed by atoms with Crippen LogP contribution in [0.3, 0.4) is 0 Å². The third-order valence-corrected chi connectivity index (χ3v) is 3.30. The molecule has 19 heavy (non-hydrogen) atoms. The molecule has 1 aliphatic heterocycles. The van der Waals surface area contributed by atoms with E-state index in [0.29, 0.717) is 6.61 Å². The summed E-state index contributed by atoms with van der Waals surface area (Å²) in [5, 5.41) is 12.6. The van der Waals surface area contributed by atoms with Crippen molar-refractivity contribution >= 4 is 0 Å². The molecule has 1 N–H and O–H groups in total. The lowest BCUT2D eigenvalue weighted by Crippen LogP contribution is -2.29. The third-order valence-electron chi connectivity index (χ3n) is 3.30. The van der Waals surface area contributed by atoms with Gasteiger partial charge in [-0.1, -0.05) is 24.3 Å². The summed E-state index contributed by atoms with van der Waals surface area (Å²) in [6.07, 6.45) is 2.44. The zero-order chi connectivity index (χ0) is 13.5. The molecule has 1 fully saturated rings. The van der Waals surface area contributed by atoms with Crippen molar-refractivity contribution in [2.45, 2.75) is 31.6 Å². The molecule has 0 radical (unpaired) electrons. The highest BCUT2D eigenvalue weighted by molar-refractivity contribution is 5.29. The second-order valence-corrected chi connectivity index (χ2v) is 4.78. The van der Waals surface area contributed by atoms with Crippen molar-refractivity contribution in [3.63, 3.8) is 0 Å². The van der Waals surface area contributed by atoms with Gasteiger partial charge >= 0.3 is 0 Å². The van der Waals surface area contributed by atoms with Crippen LogP contribution < -0.4 is 5.32 Å². The number of hydrogen-bond donors (Lipinski definition) is 1. The molecule has 0 saturated carbocycles. The van der Waals surface area contributed by atoms with Gasteiger partial charge in [0.1, 0.15) is 6.04 Å². The highest BCUT2D eigenvalue weighted by atomic mass is 16.5. The van der Waals surface area contributed by atoms with Crippen LogP contribution in [0.1, 0.15) is 30.0 Å². The minimum absolute atomic E-state index is 0.248. The van der Waals surface area contributed by atoms with Crippen molar-refractivity contribution in [2.24, 2.45) is 0 Å². The van der Waals surface area contributed by atoms with E-state index in [1.807, 2.05) is 24.3 Å². The van der Waals surface area contributed by atoms with Gasteiger partial charge in [0.15, 0.2) is 0 Å². The van der Waals surface area contributed by atoms with Gasteiger partial charge in [-0.05, 0) is 24.0 Å². The fourth-order valence-electron chi connectivity index (χ4n) is 2.32. The monoisotopic (exact) mass is 260 g/mol. The quantitative estimate of drug-likeness (QED) is 0.851. The molecular weight excluding hydrogens is 240 g/mol. The van der Waals surface area contributed by atoms with Crippen molar-refractivity contribution in [3.05, 3.63) is 35.4 Å². The van der Waals surface area contributed by atoms with E-state index in [1.54, 1.807) is 7.11 Å². The van der Waals surface area contributed by atoms with Gasteiger partial charge in [-0.25, -0.2) is 0 Å². The summed E-state index contributed by atoms with van der Waals surface area (Å²) in [6.45, 7) is 2.14. The summed E-state index contributed by atoms with van der Waals surface area (Å²) < 4.78 is 10.7. The van der Waals surface area contributed by atoms with E-state index in [4.69, 9.17) is 9.47 Å². The van der Waals surface area contributed by atoms with Gasteiger partial charge in [-0.3, -0.25) is 5.32 Å². The summed E-state index contributed by atoms with van der Waals surface area (Å²) in [7, 11) is 1.67. The molecule has 1 heterocycles. The topological polar surface area (TPSA) is 54.3 Å². The highest BCUT2D eigenvalue weighted by Crippen LogP contribution is 2.16. The molecular formula is C15H20N2O2. The van der Waals surface area contributed by atoms with E-state index in [-0.39, 0.29) is 12.1 Å². The maximum atomic E-state index is 9.29. The van der Waals surface area contributed by atoms with E-state index in [2.05, 4.69) is 11.4 Å². The first kappa shape index (κ1) is 14.0. The van der Waals surface area contributed by atoms with Crippen LogP contribution in [0.5, 0.6) is 0 Å². The molecule has 0 aliphatic carbocycles. The molecule has 1 aromatic rings. The fourth-order valence-corrected chi connectivity index (χ4v) is 2.32. The molecule has 4 nitrogen and oxygen atoms in total. The van der Waals surface area contributed by atoms with E-state index in [0.717, 1.165) is 37.1 Å². The number of nitrogens with zero attached hydrogens (tertiary/aromatic N) is 1. The van der Waals surface area contributed by atoms with Gasteiger partial charge in [0.25, 0.3) is 0 Å². The predicted molar refractivity (Wildman–Crippen MR) is 72.5 cm³/mol. The zero-order valence-corrected chi connectivity index (χ0v) is 11.3. The lowest BCUT2D eigenvalue weighted by molar-refractivity contribution is 0.109. The Morgan fingerprint density at radius 1 is 1.58 bits per heavy atom. The molecule has 0 aromatic heterocycles. The van der Waals surface area contributed by atoms with Gasteiger partial charge < -0.3 is 9.47 Å². The van der Waals surface area contributed by atoms with E-state index < -0.39 is 0 Å². The largest absolute Gasteiger partial charge is 0.380 e. The van der Waals surface area contributed by atoms with Crippen LogP contribution in [0, 0.1) is 11.3 Å². The van der Waals surface area contributed by atoms with Crippen LogP contribution >= 0.6 is 0 Å². The molecule has 1 aliphatic rings. The van der Waals surface area contributed by atoms with Crippen LogP contribution in [0.2, 0.25) is 0 Å². The lowest BCUT2D eigenvalue weighted by Gasteiger charge is -2.16. The number of nitrogens with one attached hydrogen (secondary N) is 1. The van der Waals surface area contributed by atoms with Crippen molar-refractivity contribution < 1.29 is 9.47 Å². The number of ether oxygens (including phenoxy) is 2. The Hall–Kier alpha value is -1.41. The van der Waals surface area contributed by atoms with Crippen molar-refractivity contribution in [2.75, 3.05) is 20.3 Å². The molecule has 1 aromatic carbocycles. The average Bonchev–Trinajstić information content (AvgIpc) is 2.94. The van der Waals surface area contributed by atoms with Gasteiger partial charge in [-0.15, -0.1) is 0 Å². The first-order valence-electron chi connectivity index (χ1n) is 6.66. The van der Waals surface area contributed by atoms with Gasteiger partial charge in [-0.2, -0.15) is 5.26 Å². The molecule has 1 saturated heterocycles. The standard InChI is InChI=1S/C15H20N2O2/c1-18-11-12-4-2-5-13(8-12)15(9-16)17-10-14-6-3-7-19-14/h2,4-5,8,14-15,17H,3,6-7,10-11H2,1H3. The average molecular weight is 260 g/mol. The maximum absolute atomic E-state index is 9.29. The number of hydrogen-bond acceptors (Lipinski definition) is 4. The summed E-state index contributed by atoms with van der Waals surface area (Å²) in [4.78, 5) is 0. The summed E-state index contributed by atoms with van der Waals surface area (Å²) >= 11 is 0. The van der Waals surface area contributed by atoms with Crippen LogP contribution in [0.4, 0.5) is 0 Å². The van der Waals surface area contributed by atoms with Gasteiger partial charge in [0, 0.05) is 20.3 Å². The molecule has 2 unspecified atom stereocenters. The lowest BCUT2D eigenvalue weighted by atomic mass is 10.0.